The average molecular weight is 441 g/mol. The van der Waals surface area contributed by atoms with E-state index in [1.165, 1.54) is 12.1 Å². The van der Waals surface area contributed by atoms with Crippen LogP contribution in [-0.2, 0) is 10.0 Å². The van der Waals surface area contributed by atoms with Gasteiger partial charge in [0, 0.05) is 38.3 Å². The van der Waals surface area contributed by atoms with E-state index in [9.17, 15) is 13.2 Å². The predicted octanol–water partition coefficient (Wildman–Crippen LogP) is 1.32. The van der Waals surface area contributed by atoms with Gasteiger partial charge in [-0.1, -0.05) is 42.3 Å². The van der Waals surface area contributed by atoms with Crippen molar-refractivity contribution < 1.29 is 13.2 Å². The maximum atomic E-state index is 13.0. The van der Waals surface area contributed by atoms with Crippen LogP contribution in [0.25, 0.3) is 0 Å². The second-order valence-electron chi connectivity index (χ2n) is 7.60. The van der Waals surface area contributed by atoms with Gasteiger partial charge in [-0.05, 0) is 30.8 Å². The third-order valence-corrected chi connectivity index (χ3v) is 6.71. The summed E-state index contributed by atoms with van der Waals surface area (Å²) in [6, 6.07) is 15.6. The molecule has 1 fully saturated rings. The van der Waals surface area contributed by atoms with Crippen molar-refractivity contribution in [3.63, 3.8) is 0 Å². The lowest BCUT2D eigenvalue weighted by Crippen LogP contribution is -2.47. The average Bonchev–Trinajstić information content (AvgIpc) is 2.79. The maximum absolute atomic E-state index is 13.0. The van der Waals surface area contributed by atoms with Crippen LogP contribution in [0.3, 0.4) is 0 Å². The molecule has 2 aromatic rings. The van der Waals surface area contributed by atoms with Gasteiger partial charge in [0.05, 0.1) is 17.5 Å². The van der Waals surface area contributed by atoms with E-state index in [2.05, 4.69) is 32.8 Å². The number of sulfonamides is 1. The Labute approximate surface area is 184 Å². The first-order valence-electron chi connectivity index (χ1n) is 10.2. The summed E-state index contributed by atoms with van der Waals surface area (Å²) in [6.45, 7) is 4.42. The maximum Gasteiger partial charge on any atom is 0.251 e. The second kappa shape index (κ2) is 10.6. The summed E-state index contributed by atoms with van der Waals surface area (Å²) in [5.74, 6) is 1.92. The molecule has 0 spiro atoms. The number of terminal acetylenes is 1. The van der Waals surface area contributed by atoms with E-state index in [4.69, 9.17) is 6.42 Å². The van der Waals surface area contributed by atoms with E-state index in [1.807, 2.05) is 30.3 Å². The topological polar surface area (TPSA) is 81.7 Å². The number of amides is 1. The van der Waals surface area contributed by atoms with Gasteiger partial charge in [0.2, 0.25) is 10.0 Å². The largest absolute Gasteiger partial charge is 0.344 e. The number of carbonyl (C=O) groups excluding carboxylic acids is 1. The highest BCUT2D eigenvalue weighted by Gasteiger charge is 2.22. The molecule has 1 atom stereocenters. The van der Waals surface area contributed by atoms with Crippen LogP contribution < -0.4 is 10.0 Å². The SMILES string of the molecule is C#CCNS(=O)(=O)c1cccc(C(=O)NC(CN2CCN(C)CC2)c2ccccc2)c1. The standard InChI is InChI=1S/C23H28N4O3S/c1-3-12-24-31(29,30)21-11-7-10-20(17-21)23(28)25-22(19-8-5-4-6-9-19)18-27-15-13-26(2)14-16-27/h1,4-11,17,22,24H,12-16,18H2,2H3,(H,25,28). The Balaban J connectivity index is 1.77. The third kappa shape index (κ3) is 6.39. The van der Waals surface area contributed by atoms with Crippen LogP contribution in [0.5, 0.6) is 0 Å². The van der Waals surface area contributed by atoms with Crippen LogP contribution in [-0.4, -0.2) is 70.4 Å². The van der Waals surface area contributed by atoms with Crippen LogP contribution in [0.2, 0.25) is 0 Å². The van der Waals surface area contributed by atoms with Gasteiger partial charge in [0.15, 0.2) is 0 Å². The highest BCUT2D eigenvalue weighted by molar-refractivity contribution is 7.89. The lowest BCUT2D eigenvalue weighted by atomic mass is 10.0. The molecule has 1 saturated heterocycles. The molecule has 0 radical (unpaired) electrons. The molecule has 0 aromatic heterocycles. The molecular weight excluding hydrogens is 412 g/mol. The molecule has 1 unspecified atom stereocenters. The number of piperazine rings is 1. The Morgan fingerprint density at radius 2 is 1.81 bits per heavy atom. The number of likely N-dealkylation sites (N-methyl/N-ethyl adjacent to an activating group) is 1. The van der Waals surface area contributed by atoms with Crippen molar-refractivity contribution >= 4 is 15.9 Å². The van der Waals surface area contributed by atoms with Crippen LogP contribution in [0.4, 0.5) is 0 Å². The lowest BCUT2D eigenvalue weighted by Gasteiger charge is -2.35. The second-order valence-corrected chi connectivity index (χ2v) is 9.36. The van der Waals surface area contributed by atoms with Gasteiger partial charge in [0.25, 0.3) is 5.91 Å². The zero-order chi connectivity index (χ0) is 22.3. The van der Waals surface area contributed by atoms with Gasteiger partial charge in [0.1, 0.15) is 0 Å². The minimum Gasteiger partial charge on any atom is -0.344 e. The first-order chi connectivity index (χ1) is 14.9. The van der Waals surface area contributed by atoms with Crippen molar-refractivity contribution in [2.75, 3.05) is 46.3 Å². The van der Waals surface area contributed by atoms with Crippen molar-refractivity contribution in [3.05, 3.63) is 65.7 Å². The van der Waals surface area contributed by atoms with Crippen molar-refractivity contribution in [1.82, 2.24) is 19.8 Å². The lowest BCUT2D eigenvalue weighted by molar-refractivity contribution is 0.0907. The van der Waals surface area contributed by atoms with Crippen molar-refractivity contribution in [1.29, 1.82) is 0 Å². The summed E-state index contributed by atoms with van der Waals surface area (Å²) in [5, 5.41) is 3.09. The number of benzene rings is 2. The predicted molar refractivity (Wildman–Crippen MR) is 121 cm³/mol. The van der Waals surface area contributed by atoms with Crippen molar-refractivity contribution in [3.8, 4) is 12.3 Å². The van der Waals surface area contributed by atoms with Gasteiger partial charge in [-0.15, -0.1) is 6.42 Å². The van der Waals surface area contributed by atoms with Crippen molar-refractivity contribution in [2.24, 2.45) is 0 Å². The number of carbonyl (C=O) groups is 1. The molecule has 2 N–H and O–H groups in total. The third-order valence-electron chi connectivity index (χ3n) is 5.31. The smallest absolute Gasteiger partial charge is 0.251 e. The summed E-state index contributed by atoms with van der Waals surface area (Å²) in [5.41, 5.74) is 1.29. The molecule has 2 aromatic carbocycles. The van der Waals surface area contributed by atoms with E-state index < -0.39 is 10.0 Å². The summed E-state index contributed by atoms with van der Waals surface area (Å²) in [6.07, 6.45) is 5.14. The fourth-order valence-corrected chi connectivity index (χ4v) is 4.45. The molecule has 0 aliphatic carbocycles. The molecule has 1 heterocycles. The molecule has 1 aliphatic rings. The molecule has 3 rings (SSSR count). The Morgan fingerprint density at radius 3 is 2.48 bits per heavy atom. The number of rotatable bonds is 8. The Hall–Kier alpha value is -2.70. The van der Waals surface area contributed by atoms with Crippen LogP contribution in [0.1, 0.15) is 22.0 Å². The zero-order valence-corrected chi connectivity index (χ0v) is 18.4. The molecule has 1 aliphatic heterocycles. The molecule has 31 heavy (non-hydrogen) atoms. The molecule has 164 valence electrons. The highest BCUT2D eigenvalue weighted by atomic mass is 32.2. The van der Waals surface area contributed by atoms with Gasteiger partial charge >= 0.3 is 0 Å². The number of nitrogens with one attached hydrogen (secondary N) is 2. The monoisotopic (exact) mass is 440 g/mol. The summed E-state index contributed by atoms with van der Waals surface area (Å²) in [4.78, 5) is 17.7. The fourth-order valence-electron chi connectivity index (χ4n) is 3.47. The minimum atomic E-state index is -3.77. The molecular formula is C23H28N4O3S. The Bertz CT molecular complexity index is 1030. The quantitative estimate of drug-likeness (QED) is 0.605. The van der Waals surface area contributed by atoms with Gasteiger partial charge in [-0.3, -0.25) is 9.69 Å². The van der Waals surface area contributed by atoms with Crippen LogP contribution >= 0.6 is 0 Å². The van der Waals surface area contributed by atoms with E-state index in [-0.39, 0.29) is 29.0 Å². The molecule has 7 nitrogen and oxygen atoms in total. The van der Waals surface area contributed by atoms with E-state index in [1.54, 1.807) is 12.1 Å². The Morgan fingerprint density at radius 1 is 1.10 bits per heavy atom. The van der Waals surface area contributed by atoms with E-state index in [0.717, 1.165) is 31.7 Å². The van der Waals surface area contributed by atoms with Gasteiger partial charge < -0.3 is 10.2 Å². The Kier molecular flexibility index (Phi) is 7.82. The summed E-state index contributed by atoms with van der Waals surface area (Å²) < 4.78 is 27.0. The van der Waals surface area contributed by atoms with Gasteiger partial charge in [-0.2, -0.15) is 4.72 Å². The number of hydrogen-bond acceptors (Lipinski definition) is 5. The number of nitrogens with zero attached hydrogens (tertiary/aromatic N) is 2. The van der Waals surface area contributed by atoms with Crippen LogP contribution in [0.15, 0.2) is 59.5 Å². The minimum absolute atomic E-state index is 0.00530. The van der Waals surface area contributed by atoms with Crippen molar-refractivity contribution in [2.45, 2.75) is 10.9 Å². The van der Waals surface area contributed by atoms with Gasteiger partial charge in [-0.25, -0.2) is 8.42 Å². The first-order valence-corrected chi connectivity index (χ1v) is 11.7. The molecule has 0 bridgehead atoms. The zero-order valence-electron chi connectivity index (χ0n) is 17.6. The fraction of sp³-hybridized carbons (Fsp3) is 0.348. The first kappa shape index (κ1) is 23.0. The van der Waals surface area contributed by atoms with Crippen LogP contribution in [0, 0.1) is 12.3 Å². The van der Waals surface area contributed by atoms with E-state index in [0.29, 0.717) is 6.54 Å². The van der Waals surface area contributed by atoms with E-state index >= 15 is 0 Å². The normalized spacial score (nSPS) is 16.4. The molecule has 0 saturated carbocycles. The summed E-state index contributed by atoms with van der Waals surface area (Å²) in [7, 11) is -1.67. The summed E-state index contributed by atoms with van der Waals surface area (Å²) >= 11 is 0. The highest BCUT2D eigenvalue weighted by Crippen LogP contribution is 2.18. The molecule has 8 heteroatoms. The number of hydrogen-bond donors (Lipinski definition) is 2. The molecule has 1 amide bonds.